The van der Waals surface area contributed by atoms with Gasteiger partial charge in [-0.05, 0) is 49.8 Å². The number of carbonyl (C=O) groups excluding carboxylic acids is 1. The molecule has 1 aromatic carbocycles. The molecule has 1 saturated heterocycles. The van der Waals surface area contributed by atoms with Gasteiger partial charge in [0.25, 0.3) is 0 Å². The van der Waals surface area contributed by atoms with Crippen molar-refractivity contribution in [3.63, 3.8) is 0 Å². The lowest BCUT2D eigenvalue weighted by molar-refractivity contribution is -0.116. The number of fused-ring (bicyclic) bond motifs is 1. The summed E-state index contributed by atoms with van der Waals surface area (Å²) in [6, 6.07) is 2.88. The summed E-state index contributed by atoms with van der Waals surface area (Å²) in [5, 5.41) is 2.70. The lowest BCUT2D eigenvalue weighted by Crippen LogP contribution is -2.21. The van der Waals surface area contributed by atoms with Crippen molar-refractivity contribution in [3.8, 4) is 0 Å². The maximum absolute atomic E-state index is 14.2. The minimum Gasteiger partial charge on any atom is -0.378 e. The van der Waals surface area contributed by atoms with E-state index in [0.717, 1.165) is 31.4 Å². The van der Waals surface area contributed by atoms with Gasteiger partial charge in [0.2, 0.25) is 5.91 Å². The lowest BCUT2D eigenvalue weighted by Gasteiger charge is -2.21. The summed E-state index contributed by atoms with van der Waals surface area (Å²) in [6.07, 6.45) is 5.13. The van der Waals surface area contributed by atoms with Crippen LogP contribution < -0.4 is 11.1 Å². The SMILES string of the molecule is NC(CCC1CCCO1)c1cc2c(cc1F)NC(=O)CC2. The summed E-state index contributed by atoms with van der Waals surface area (Å²) < 4.78 is 19.8. The summed E-state index contributed by atoms with van der Waals surface area (Å²) in [6.45, 7) is 0.826. The van der Waals surface area contributed by atoms with Crippen LogP contribution in [0.4, 0.5) is 10.1 Å². The highest BCUT2D eigenvalue weighted by Gasteiger charge is 2.22. The van der Waals surface area contributed by atoms with Crippen molar-refractivity contribution in [2.45, 2.75) is 50.7 Å². The fourth-order valence-corrected chi connectivity index (χ4v) is 3.10. The first-order valence-electron chi connectivity index (χ1n) is 7.63. The summed E-state index contributed by atoms with van der Waals surface area (Å²) in [5.41, 5.74) is 8.25. The molecule has 2 aliphatic heterocycles. The minimum absolute atomic E-state index is 0.0580. The normalized spacial score (nSPS) is 22.8. The van der Waals surface area contributed by atoms with E-state index in [4.69, 9.17) is 10.5 Å². The number of anilines is 1. The molecule has 0 aliphatic carbocycles. The number of halogens is 1. The summed E-state index contributed by atoms with van der Waals surface area (Å²) >= 11 is 0. The second kappa shape index (κ2) is 6.12. The van der Waals surface area contributed by atoms with Crippen molar-refractivity contribution in [3.05, 3.63) is 29.1 Å². The number of carbonyl (C=O) groups is 1. The average Bonchev–Trinajstić information content (AvgIpc) is 2.97. The number of nitrogens with two attached hydrogens (primary N) is 1. The largest absolute Gasteiger partial charge is 0.378 e. The van der Waals surface area contributed by atoms with Crippen LogP contribution in [0.3, 0.4) is 0 Å². The third-order valence-electron chi connectivity index (χ3n) is 4.34. The minimum atomic E-state index is -0.337. The molecule has 0 saturated carbocycles. The van der Waals surface area contributed by atoms with Crippen molar-refractivity contribution >= 4 is 11.6 Å². The van der Waals surface area contributed by atoms with Gasteiger partial charge in [-0.1, -0.05) is 0 Å². The zero-order valence-corrected chi connectivity index (χ0v) is 12.0. The second-order valence-electron chi connectivity index (χ2n) is 5.90. The predicted octanol–water partition coefficient (Wildman–Crippen LogP) is 2.67. The number of amides is 1. The molecule has 114 valence electrons. The molecule has 2 unspecified atom stereocenters. The number of benzene rings is 1. The van der Waals surface area contributed by atoms with Crippen LogP contribution in [0, 0.1) is 5.82 Å². The number of aryl methyl sites for hydroxylation is 1. The number of hydrogen-bond acceptors (Lipinski definition) is 3. The molecule has 0 bridgehead atoms. The van der Waals surface area contributed by atoms with Gasteiger partial charge >= 0.3 is 0 Å². The molecule has 2 atom stereocenters. The van der Waals surface area contributed by atoms with Gasteiger partial charge in [0.05, 0.1) is 6.10 Å². The lowest BCUT2D eigenvalue weighted by atomic mass is 9.94. The zero-order valence-electron chi connectivity index (χ0n) is 12.0. The van der Waals surface area contributed by atoms with Crippen LogP contribution in [0.1, 0.15) is 49.3 Å². The van der Waals surface area contributed by atoms with Crippen LogP contribution in [0.5, 0.6) is 0 Å². The highest BCUT2D eigenvalue weighted by Crippen LogP contribution is 2.30. The molecular weight excluding hydrogens is 271 g/mol. The van der Waals surface area contributed by atoms with Crippen molar-refractivity contribution < 1.29 is 13.9 Å². The zero-order chi connectivity index (χ0) is 14.8. The Hall–Kier alpha value is -1.46. The maximum atomic E-state index is 14.2. The first kappa shape index (κ1) is 14.5. The van der Waals surface area contributed by atoms with Crippen LogP contribution in [0.2, 0.25) is 0 Å². The fraction of sp³-hybridized carbons (Fsp3) is 0.562. The average molecular weight is 292 g/mol. The molecule has 5 heteroatoms. The standard InChI is InChI=1S/C16H21FN2O2/c17-13-9-15-10(3-6-16(20)19-15)8-12(13)14(18)5-4-11-2-1-7-21-11/h8-9,11,14H,1-7,18H2,(H,19,20). The van der Waals surface area contributed by atoms with Crippen LogP contribution in [0.15, 0.2) is 12.1 Å². The van der Waals surface area contributed by atoms with Gasteiger partial charge in [-0.15, -0.1) is 0 Å². The fourth-order valence-electron chi connectivity index (χ4n) is 3.10. The summed E-state index contributed by atoms with van der Waals surface area (Å²) in [7, 11) is 0. The molecular formula is C16H21FN2O2. The molecule has 4 nitrogen and oxygen atoms in total. The molecule has 1 amide bonds. The van der Waals surface area contributed by atoms with E-state index in [1.54, 1.807) is 0 Å². The number of ether oxygens (including phenoxy) is 1. The van der Waals surface area contributed by atoms with Crippen molar-refractivity contribution in [1.29, 1.82) is 0 Å². The molecule has 0 aromatic heterocycles. The van der Waals surface area contributed by atoms with Crippen LogP contribution in [0.25, 0.3) is 0 Å². The summed E-state index contributed by atoms with van der Waals surface area (Å²) in [4.78, 5) is 11.3. The van der Waals surface area contributed by atoms with E-state index in [1.165, 1.54) is 6.07 Å². The Kier molecular flexibility index (Phi) is 4.22. The quantitative estimate of drug-likeness (QED) is 0.896. The van der Waals surface area contributed by atoms with E-state index in [2.05, 4.69) is 5.32 Å². The topological polar surface area (TPSA) is 64.3 Å². The Labute approximate surface area is 123 Å². The molecule has 0 radical (unpaired) electrons. The van der Waals surface area contributed by atoms with E-state index < -0.39 is 0 Å². The molecule has 0 spiro atoms. The molecule has 1 fully saturated rings. The Morgan fingerprint density at radius 3 is 3.05 bits per heavy atom. The van der Waals surface area contributed by atoms with Gasteiger partial charge in [0, 0.05) is 30.3 Å². The Bertz CT molecular complexity index is 541. The van der Waals surface area contributed by atoms with E-state index >= 15 is 0 Å². The molecule has 21 heavy (non-hydrogen) atoms. The molecule has 3 N–H and O–H groups in total. The third-order valence-corrected chi connectivity index (χ3v) is 4.34. The smallest absolute Gasteiger partial charge is 0.224 e. The highest BCUT2D eigenvalue weighted by atomic mass is 19.1. The Morgan fingerprint density at radius 1 is 1.43 bits per heavy atom. The van der Waals surface area contributed by atoms with Crippen LogP contribution in [-0.4, -0.2) is 18.6 Å². The van der Waals surface area contributed by atoms with Crippen LogP contribution in [-0.2, 0) is 16.0 Å². The van der Waals surface area contributed by atoms with E-state index in [1.807, 2.05) is 6.07 Å². The number of nitrogens with one attached hydrogen (secondary N) is 1. The van der Waals surface area contributed by atoms with E-state index in [0.29, 0.717) is 30.5 Å². The van der Waals surface area contributed by atoms with Gasteiger partial charge in [-0.2, -0.15) is 0 Å². The van der Waals surface area contributed by atoms with Gasteiger partial charge in [-0.3, -0.25) is 4.79 Å². The highest BCUT2D eigenvalue weighted by molar-refractivity contribution is 5.93. The van der Waals surface area contributed by atoms with Gasteiger partial charge in [0.15, 0.2) is 0 Å². The third kappa shape index (κ3) is 3.24. The molecule has 2 aliphatic rings. The molecule has 3 rings (SSSR count). The Balaban J connectivity index is 1.70. The predicted molar refractivity (Wildman–Crippen MR) is 78.5 cm³/mol. The van der Waals surface area contributed by atoms with Gasteiger partial charge < -0.3 is 15.8 Å². The van der Waals surface area contributed by atoms with Gasteiger partial charge in [-0.25, -0.2) is 4.39 Å². The molecule has 2 heterocycles. The van der Waals surface area contributed by atoms with E-state index in [-0.39, 0.29) is 23.9 Å². The Morgan fingerprint density at radius 2 is 2.29 bits per heavy atom. The van der Waals surface area contributed by atoms with E-state index in [9.17, 15) is 9.18 Å². The van der Waals surface area contributed by atoms with Gasteiger partial charge in [0.1, 0.15) is 5.82 Å². The second-order valence-corrected chi connectivity index (χ2v) is 5.90. The molecule has 1 aromatic rings. The summed E-state index contributed by atoms with van der Waals surface area (Å²) in [5.74, 6) is -0.395. The first-order chi connectivity index (χ1) is 10.1. The van der Waals surface area contributed by atoms with Crippen molar-refractivity contribution in [2.24, 2.45) is 5.73 Å². The maximum Gasteiger partial charge on any atom is 0.224 e. The van der Waals surface area contributed by atoms with Crippen LogP contribution >= 0.6 is 0 Å². The monoisotopic (exact) mass is 292 g/mol. The van der Waals surface area contributed by atoms with Crippen molar-refractivity contribution in [1.82, 2.24) is 0 Å². The number of hydrogen-bond donors (Lipinski definition) is 2. The number of rotatable bonds is 4. The van der Waals surface area contributed by atoms with Crippen molar-refractivity contribution in [2.75, 3.05) is 11.9 Å². The first-order valence-corrected chi connectivity index (χ1v) is 7.63.